The molecule has 4 heteroatoms. The zero-order valence-electron chi connectivity index (χ0n) is 9.56. The maximum atomic E-state index is 5.04. The zero-order valence-corrected chi connectivity index (χ0v) is 10.4. The molecule has 1 N–H and O–H groups in total. The number of nitrogens with one attached hydrogen (secondary N) is 1. The Morgan fingerprint density at radius 2 is 2.44 bits per heavy atom. The van der Waals surface area contributed by atoms with Crippen LogP contribution in [0.5, 0.6) is 0 Å². The van der Waals surface area contributed by atoms with Crippen molar-refractivity contribution < 1.29 is 4.42 Å². The van der Waals surface area contributed by atoms with Crippen LogP contribution in [0.1, 0.15) is 26.0 Å². The van der Waals surface area contributed by atoms with Gasteiger partial charge < -0.3 is 9.73 Å². The topological polar surface area (TPSA) is 38.1 Å². The fourth-order valence-electron chi connectivity index (χ4n) is 1.33. The minimum absolute atomic E-state index is 0.541. The normalized spacial score (nSPS) is 12.9. The van der Waals surface area contributed by atoms with E-state index in [0.29, 0.717) is 6.04 Å². The van der Waals surface area contributed by atoms with Crippen molar-refractivity contribution in [1.29, 1.82) is 0 Å². The van der Waals surface area contributed by atoms with Gasteiger partial charge in [0.2, 0.25) is 0 Å². The van der Waals surface area contributed by atoms with Crippen LogP contribution in [-0.4, -0.2) is 11.0 Å². The maximum absolute atomic E-state index is 5.04. The second kappa shape index (κ2) is 5.27. The van der Waals surface area contributed by atoms with Crippen molar-refractivity contribution in [3.8, 4) is 10.6 Å². The Bertz CT molecular complexity index is 422. The minimum atomic E-state index is 0.541. The Labute approximate surface area is 99.5 Å². The minimum Gasteiger partial charge on any atom is -0.472 e. The highest BCUT2D eigenvalue weighted by Crippen LogP contribution is 2.23. The lowest BCUT2D eigenvalue weighted by atomic mass is 10.2. The van der Waals surface area contributed by atoms with Crippen LogP contribution < -0.4 is 5.32 Å². The van der Waals surface area contributed by atoms with Gasteiger partial charge in [-0.3, -0.25) is 0 Å². The molecule has 86 valence electrons. The molecule has 0 aliphatic rings. The van der Waals surface area contributed by atoms with E-state index in [1.54, 1.807) is 23.9 Å². The summed E-state index contributed by atoms with van der Waals surface area (Å²) in [6.45, 7) is 5.20. The average Bonchev–Trinajstić information content (AvgIpc) is 2.95. The molecule has 0 aliphatic carbocycles. The van der Waals surface area contributed by atoms with Crippen molar-refractivity contribution >= 4 is 11.3 Å². The van der Waals surface area contributed by atoms with Crippen molar-refractivity contribution in [2.75, 3.05) is 0 Å². The van der Waals surface area contributed by atoms with Gasteiger partial charge in [-0.15, -0.1) is 11.3 Å². The van der Waals surface area contributed by atoms with Crippen LogP contribution in [0.15, 0.2) is 28.4 Å². The van der Waals surface area contributed by atoms with Gasteiger partial charge in [0.15, 0.2) is 0 Å². The van der Waals surface area contributed by atoms with Gasteiger partial charge in [-0.2, -0.15) is 0 Å². The van der Waals surface area contributed by atoms with Gasteiger partial charge in [-0.25, -0.2) is 4.98 Å². The number of nitrogens with zero attached hydrogens (tertiary/aromatic N) is 1. The van der Waals surface area contributed by atoms with E-state index >= 15 is 0 Å². The second-order valence-electron chi connectivity index (χ2n) is 3.85. The number of thiazole rings is 1. The molecule has 0 aliphatic heterocycles. The lowest BCUT2D eigenvalue weighted by molar-refractivity contribution is 0.530. The smallest absolute Gasteiger partial charge is 0.126 e. The lowest BCUT2D eigenvalue weighted by Crippen LogP contribution is -2.24. The predicted molar refractivity (Wildman–Crippen MR) is 66.4 cm³/mol. The lowest BCUT2D eigenvalue weighted by Gasteiger charge is -2.08. The van der Waals surface area contributed by atoms with E-state index in [1.165, 1.54) is 0 Å². The van der Waals surface area contributed by atoms with Crippen molar-refractivity contribution in [3.63, 3.8) is 0 Å². The van der Waals surface area contributed by atoms with Gasteiger partial charge in [0.25, 0.3) is 0 Å². The molecule has 1 atom stereocenters. The molecular weight excluding hydrogens is 220 g/mol. The molecule has 16 heavy (non-hydrogen) atoms. The van der Waals surface area contributed by atoms with Crippen LogP contribution in [0.4, 0.5) is 0 Å². The number of hydrogen-bond acceptors (Lipinski definition) is 4. The van der Waals surface area contributed by atoms with Crippen molar-refractivity contribution in [1.82, 2.24) is 10.3 Å². The molecule has 1 unspecified atom stereocenters. The summed E-state index contributed by atoms with van der Waals surface area (Å²) in [5.74, 6) is 0. The summed E-state index contributed by atoms with van der Waals surface area (Å²) in [5, 5.41) is 6.55. The molecule has 0 bridgehead atoms. The Morgan fingerprint density at radius 1 is 1.56 bits per heavy atom. The molecule has 0 fully saturated rings. The molecular formula is C12H16N2OS. The highest BCUT2D eigenvalue weighted by Gasteiger charge is 2.06. The first-order valence-corrected chi connectivity index (χ1v) is 6.38. The van der Waals surface area contributed by atoms with Crippen molar-refractivity contribution in [3.05, 3.63) is 29.7 Å². The van der Waals surface area contributed by atoms with E-state index in [-0.39, 0.29) is 0 Å². The summed E-state index contributed by atoms with van der Waals surface area (Å²) in [6, 6.07) is 2.48. The Kier molecular flexibility index (Phi) is 3.74. The Hall–Kier alpha value is -1.13. The fraction of sp³-hybridized carbons (Fsp3) is 0.417. The molecule has 2 aromatic heterocycles. The maximum Gasteiger partial charge on any atom is 0.126 e. The van der Waals surface area contributed by atoms with Crippen molar-refractivity contribution in [2.24, 2.45) is 0 Å². The predicted octanol–water partition coefficient (Wildman–Crippen LogP) is 3.29. The number of hydrogen-bond donors (Lipinski definition) is 1. The molecule has 3 nitrogen and oxygen atoms in total. The zero-order chi connectivity index (χ0) is 11.4. The number of furan rings is 1. The average molecular weight is 236 g/mol. The first kappa shape index (κ1) is 11.4. The van der Waals surface area contributed by atoms with Gasteiger partial charge in [0.05, 0.1) is 12.0 Å². The number of rotatable bonds is 5. The van der Waals surface area contributed by atoms with Crippen molar-refractivity contribution in [2.45, 2.75) is 32.9 Å². The van der Waals surface area contributed by atoms with E-state index in [0.717, 1.165) is 29.2 Å². The molecule has 0 saturated heterocycles. The Balaban J connectivity index is 1.98. The van der Waals surface area contributed by atoms with Gasteiger partial charge in [-0.1, -0.05) is 6.92 Å². The van der Waals surface area contributed by atoms with Crippen LogP contribution in [0, 0.1) is 0 Å². The van der Waals surface area contributed by atoms with Gasteiger partial charge in [0, 0.05) is 23.5 Å². The third-order valence-corrected chi connectivity index (χ3v) is 3.50. The van der Waals surface area contributed by atoms with Crippen LogP contribution in [0.2, 0.25) is 0 Å². The van der Waals surface area contributed by atoms with E-state index in [1.807, 2.05) is 6.07 Å². The molecule has 0 spiro atoms. The summed E-state index contributed by atoms with van der Waals surface area (Å²) < 4.78 is 5.04. The molecule has 0 amide bonds. The summed E-state index contributed by atoms with van der Waals surface area (Å²) in [4.78, 5) is 4.55. The van der Waals surface area contributed by atoms with Gasteiger partial charge in [0.1, 0.15) is 11.3 Å². The quantitative estimate of drug-likeness (QED) is 0.865. The monoisotopic (exact) mass is 236 g/mol. The summed E-state index contributed by atoms with van der Waals surface area (Å²) in [5.41, 5.74) is 2.15. The van der Waals surface area contributed by atoms with E-state index in [4.69, 9.17) is 4.42 Å². The van der Waals surface area contributed by atoms with Crippen LogP contribution >= 0.6 is 11.3 Å². The van der Waals surface area contributed by atoms with E-state index in [2.05, 4.69) is 29.5 Å². The van der Waals surface area contributed by atoms with Crippen LogP contribution in [0.25, 0.3) is 10.6 Å². The largest absolute Gasteiger partial charge is 0.472 e. The summed E-state index contributed by atoms with van der Waals surface area (Å²) in [6.07, 6.45) is 4.54. The molecule has 2 rings (SSSR count). The summed E-state index contributed by atoms with van der Waals surface area (Å²) >= 11 is 1.66. The molecule has 0 saturated carbocycles. The van der Waals surface area contributed by atoms with Crippen LogP contribution in [-0.2, 0) is 6.54 Å². The molecule has 0 radical (unpaired) electrons. The van der Waals surface area contributed by atoms with Gasteiger partial charge >= 0.3 is 0 Å². The standard InChI is InChI=1S/C12H16N2OS/c1-3-9(2)13-6-11-8-16-12(14-11)10-4-5-15-7-10/h4-5,7-9,13H,3,6H2,1-2H3. The van der Waals surface area contributed by atoms with E-state index in [9.17, 15) is 0 Å². The third-order valence-electron chi connectivity index (χ3n) is 2.56. The fourth-order valence-corrected chi connectivity index (χ4v) is 2.14. The SMILES string of the molecule is CCC(C)NCc1csc(-c2ccoc2)n1. The third kappa shape index (κ3) is 2.71. The first-order valence-electron chi connectivity index (χ1n) is 5.50. The first-order chi connectivity index (χ1) is 7.79. The Morgan fingerprint density at radius 3 is 3.12 bits per heavy atom. The highest BCUT2D eigenvalue weighted by molar-refractivity contribution is 7.13. The van der Waals surface area contributed by atoms with Gasteiger partial charge in [-0.05, 0) is 19.4 Å². The van der Waals surface area contributed by atoms with Crippen LogP contribution in [0.3, 0.4) is 0 Å². The molecule has 2 heterocycles. The molecule has 0 aromatic carbocycles. The van der Waals surface area contributed by atoms with E-state index < -0.39 is 0 Å². The number of aromatic nitrogens is 1. The highest BCUT2D eigenvalue weighted by atomic mass is 32.1. The summed E-state index contributed by atoms with van der Waals surface area (Å²) in [7, 11) is 0. The second-order valence-corrected chi connectivity index (χ2v) is 4.70. The molecule has 2 aromatic rings.